The Hall–Kier alpha value is -2.32. The predicted molar refractivity (Wildman–Crippen MR) is 73.3 cm³/mol. The molecule has 0 unspecified atom stereocenters. The second-order valence-electron chi connectivity index (χ2n) is 3.77. The topological polar surface area (TPSA) is 88.5 Å². The number of aromatic nitrogens is 1. The highest BCUT2D eigenvalue weighted by Gasteiger charge is 2.09. The Morgan fingerprint density at radius 2 is 2.10 bits per heavy atom. The smallest absolute Gasteiger partial charge is 0.324 e. The number of hydrogen-bond acceptors (Lipinski definition) is 5. The molecule has 0 radical (unpaired) electrons. The van der Waals surface area contributed by atoms with E-state index in [9.17, 15) is 14.9 Å². The van der Waals surface area contributed by atoms with Crippen molar-refractivity contribution >= 4 is 28.5 Å². The molecule has 0 saturated heterocycles. The van der Waals surface area contributed by atoms with Gasteiger partial charge in [-0.2, -0.15) is 9.67 Å². The van der Waals surface area contributed by atoms with Gasteiger partial charge in [0.1, 0.15) is 0 Å². The Kier molecular flexibility index (Phi) is 6.44. The Morgan fingerprint density at radius 1 is 1.38 bits per heavy atom. The van der Waals surface area contributed by atoms with E-state index in [0.29, 0.717) is 4.88 Å². The number of nitro groups is 1. The van der Waals surface area contributed by atoms with Crippen molar-refractivity contribution in [2.45, 2.75) is 6.54 Å². The van der Waals surface area contributed by atoms with Crippen LogP contribution in [0.4, 0.5) is 5.00 Å². The van der Waals surface area contributed by atoms with Crippen LogP contribution in [0.25, 0.3) is 0 Å². The van der Waals surface area contributed by atoms with Gasteiger partial charge in [0, 0.05) is 18.2 Å². The first kappa shape index (κ1) is 16.7. The zero-order valence-corrected chi connectivity index (χ0v) is 12.3. The monoisotopic (exact) mass is 326 g/mol. The molecule has 0 spiro atoms. The van der Waals surface area contributed by atoms with Gasteiger partial charge >= 0.3 is 10.9 Å². The Bertz CT molecular complexity index is 645. The molecule has 2 heterocycles. The van der Waals surface area contributed by atoms with E-state index >= 15 is 0 Å². The minimum Gasteiger partial charge on any atom is -1.00 e. The van der Waals surface area contributed by atoms with Crippen molar-refractivity contribution in [2.24, 2.45) is 5.10 Å². The maximum absolute atomic E-state index is 11.6. The van der Waals surface area contributed by atoms with E-state index in [1.165, 1.54) is 12.3 Å². The summed E-state index contributed by atoms with van der Waals surface area (Å²) < 4.78 is 1.71. The van der Waals surface area contributed by atoms with Crippen LogP contribution in [0.2, 0.25) is 0 Å². The van der Waals surface area contributed by atoms with Crippen molar-refractivity contribution in [1.82, 2.24) is 5.43 Å². The molecule has 0 atom stereocenters. The van der Waals surface area contributed by atoms with Crippen LogP contribution in [0, 0.1) is 10.1 Å². The van der Waals surface area contributed by atoms with Gasteiger partial charge in [0.15, 0.2) is 12.4 Å². The fourth-order valence-corrected chi connectivity index (χ4v) is 2.11. The average molecular weight is 327 g/mol. The fourth-order valence-electron chi connectivity index (χ4n) is 1.42. The van der Waals surface area contributed by atoms with Crippen LogP contribution >= 0.6 is 11.3 Å². The summed E-state index contributed by atoms with van der Waals surface area (Å²) in [6.45, 7) is 0.156. The number of hydrogen-bond donors (Lipinski definition) is 1. The minimum atomic E-state index is -0.466. The van der Waals surface area contributed by atoms with Gasteiger partial charge in [-0.3, -0.25) is 14.9 Å². The van der Waals surface area contributed by atoms with Crippen LogP contribution < -0.4 is 22.4 Å². The molecular formula is C12H11ClN4O3S. The van der Waals surface area contributed by atoms with Gasteiger partial charge in [0.2, 0.25) is 6.54 Å². The number of nitrogens with zero attached hydrogens (tertiary/aromatic N) is 3. The molecule has 2 aromatic rings. The minimum absolute atomic E-state index is 0. The number of pyridine rings is 1. The van der Waals surface area contributed by atoms with Crippen LogP contribution in [0.3, 0.4) is 0 Å². The molecule has 7 nitrogen and oxygen atoms in total. The Labute approximate surface area is 130 Å². The lowest BCUT2D eigenvalue weighted by molar-refractivity contribution is -0.684. The van der Waals surface area contributed by atoms with Gasteiger partial charge in [0.05, 0.1) is 16.0 Å². The van der Waals surface area contributed by atoms with Crippen molar-refractivity contribution in [1.29, 1.82) is 0 Å². The lowest BCUT2D eigenvalue weighted by atomic mass is 10.4. The van der Waals surface area contributed by atoms with E-state index in [4.69, 9.17) is 0 Å². The van der Waals surface area contributed by atoms with Gasteiger partial charge in [-0.15, -0.1) is 0 Å². The van der Waals surface area contributed by atoms with Gasteiger partial charge in [-0.25, -0.2) is 5.43 Å². The quantitative estimate of drug-likeness (QED) is 0.301. The van der Waals surface area contributed by atoms with Crippen LogP contribution in [0.15, 0.2) is 47.8 Å². The number of halogens is 1. The van der Waals surface area contributed by atoms with Gasteiger partial charge in [-0.05, 0) is 6.07 Å². The average Bonchev–Trinajstić information content (AvgIpc) is 2.89. The third-order valence-electron chi connectivity index (χ3n) is 2.28. The summed E-state index contributed by atoms with van der Waals surface area (Å²) in [5, 5.41) is 14.3. The molecule has 2 rings (SSSR count). The third kappa shape index (κ3) is 5.28. The summed E-state index contributed by atoms with van der Waals surface area (Å²) in [6, 6.07) is 8.47. The number of nitrogens with one attached hydrogen (secondary N) is 1. The summed E-state index contributed by atoms with van der Waals surface area (Å²) in [4.78, 5) is 22.2. The molecule has 0 aliphatic rings. The lowest BCUT2D eigenvalue weighted by Gasteiger charge is -1.95. The number of carbonyl (C=O) groups excluding carboxylic acids is 1. The largest absolute Gasteiger partial charge is 1.00 e. The first-order valence-corrected chi connectivity index (χ1v) is 6.47. The van der Waals surface area contributed by atoms with Crippen LogP contribution in [0.5, 0.6) is 0 Å². The number of amides is 1. The standard InChI is InChI=1S/C12H10N4O3S.ClH/c17-11(9-15-6-2-1-3-7-15)14-13-8-10-4-5-12(20-10)16(18)19;/h1-8H,9H2;1H/b13-8+;. The molecule has 0 fully saturated rings. The number of carbonyl (C=O) groups is 1. The van der Waals surface area contributed by atoms with Gasteiger partial charge in [-0.1, -0.05) is 17.4 Å². The summed E-state index contributed by atoms with van der Waals surface area (Å²) in [5.74, 6) is -0.275. The van der Waals surface area contributed by atoms with E-state index in [2.05, 4.69) is 10.5 Å². The van der Waals surface area contributed by atoms with E-state index < -0.39 is 4.92 Å². The zero-order chi connectivity index (χ0) is 14.4. The molecule has 0 aliphatic heterocycles. The normalized spacial score (nSPS) is 10.1. The molecule has 1 N–H and O–H groups in total. The molecule has 110 valence electrons. The maximum Gasteiger partial charge on any atom is 0.324 e. The fraction of sp³-hybridized carbons (Fsp3) is 0.0833. The molecule has 9 heteroatoms. The van der Waals surface area contributed by atoms with Crippen molar-refractivity contribution < 1.29 is 26.7 Å². The first-order chi connectivity index (χ1) is 9.65. The summed E-state index contributed by atoms with van der Waals surface area (Å²) in [6.07, 6.45) is 4.92. The number of hydrazone groups is 1. The zero-order valence-electron chi connectivity index (χ0n) is 10.7. The molecule has 0 aromatic carbocycles. The van der Waals surface area contributed by atoms with Crippen molar-refractivity contribution in [3.63, 3.8) is 0 Å². The van der Waals surface area contributed by atoms with Gasteiger partial charge in [0.25, 0.3) is 0 Å². The van der Waals surface area contributed by atoms with E-state index in [1.807, 2.05) is 18.2 Å². The van der Waals surface area contributed by atoms with E-state index in [-0.39, 0.29) is 29.9 Å². The summed E-state index contributed by atoms with van der Waals surface area (Å²) in [5.41, 5.74) is 2.36. The van der Waals surface area contributed by atoms with E-state index in [0.717, 1.165) is 11.3 Å². The van der Waals surface area contributed by atoms with Crippen LogP contribution in [0.1, 0.15) is 4.88 Å². The second kappa shape index (κ2) is 8.08. The molecule has 0 bridgehead atoms. The van der Waals surface area contributed by atoms with E-state index in [1.54, 1.807) is 23.0 Å². The highest BCUT2D eigenvalue weighted by Crippen LogP contribution is 2.22. The first-order valence-electron chi connectivity index (χ1n) is 5.65. The highest BCUT2D eigenvalue weighted by molar-refractivity contribution is 7.16. The molecule has 0 aliphatic carbocycles. The molecule has 21 heavy (non-hydrogen) atoms. The van der Waals surface area contributed by atoms with Crippen LogP contribution in [-0.4, -0.2) is 17.0 Å². The molecule has 2 aromatic heterocycles. The lowest BCUT2D eigenvalue weighted by Crippen LogP contribution is -3.00. The summed E-state index contributed by atoms with van der Waals surface area (Å²) >= 11 is 0.992. The predicted octanol–water partition coefficient (Wildman–Crippen LogP) is -1.90. The number of rotatable bonds is 5. The third-order valence-corrected chi connectivity index (χ3v) is 3.25. The van der Waals surface area contributed by atoms with Crippen molar-refractivity contribution in [3.8, 4) is 0 Å². The second-order valence-corrected chi connectivity index (χ2v) is 4.87. The Morgan fingerprint density at radius 3 is 2.71 bits per heavy atom. The van der Waals surface area contributed by atoms with Crippen LogP contribution in [-0.2, 0) is 11.3 Å². The van der Waals surface area contributed by atoms with Crippen molar-refractivity contribution in [2.75, 3.05) is 0 Å². The highest BCUT2D eigenvalue weighted by atomic mass is 35.5. The molecule has 0 saturated carbocycles. The maximum atomic E-state index is 11.6. The SMILES string of the molecule is O=C(C[n+]1ccccc1)N/N=C/c1ccc([N+](=O)[O-])s1.[Cl-]. The summed E-state index contributed by atoms with van der Waals surface area (Å²) in [7, 11) is 0. The Balaban J connectivity index is 0.00000220. The molecular weight excluding hydrogens is 316 g/mol. The molecule has 1 amide bonds. The van der Waals surface area contributed by atoms with Crippen molar-refractivity contribution in [3.05, 3.63) is 57.7 Å². The van der Waals surface area contributed by atoms with Gasteiger partial charge < -0.3 is 12.4 Å². The number of thiophene rings is 1.